The van der Waals surface area contributed by atoms with Crippen molar-refractivity contribution in [3.8, 4) is 11.8 Å². The first-order valence-corrected chi connectivity index (χ1v) is 3.26. The van der Waals surface area contributed by atoms with E-state index in [1.807, 2.05) is 18.3 Å². The number of aromatic amines is 1. The molecule has 0 aliphatic carbocycles. The zero-order chi connectivity index (χ0) is 7.23. The van der Waals surface area contributed by atoms with Crippen LogP contribution in [0.4, 0.5) is 0 Å². The van der Waals surface area contributed by atoms with Crippen molar-refractivity contribution in [2.24, 2.45) is 5.73 Å². The molecular weight excluding hydrogens is 124 g/mol. The summed E-state index contributed by atoms with van der Waals surface area (Å²) < 4.78 is 0. The van der Waals surface area contributed by atoms with E-state index in [0.717, 1.165) is 12.1 Å². The van der Waals surface area contributed by atoms with Gasteiger partial charge in [-0.05, 0) is 18.1 Å². The highest BCUT2D eigenvalue weighted by Gasteiger charge is 1.80. The SMILES string of the molecule is NCCC#Cc1ccc[nH]1. The number of aromatic nitrogens is 1. The molecule has 10 heavy (non-hydrogen) atoms. The molecule has 0 amide bonds. The molecule has 1 aromatic rings. The predicted octanol–water partition coefficient (Wildman–Crippen LogP) is 0.715. The van der Waals surface area contributed by atoms with Gasteiger partial charge in [0.25, 0.3) is 0 Å². The molecule has 1 heterocycles. The zero-order valence-corrected chi connectivity index (χ0v) is 5.72. The van der Waals surface area contributed by atoms with E-state index in [0.29, 0.717) is 6.54 Å². The molecule has 0 spiro atoms. The minimum absolute atomic E-state index is 0.633. The van der Waals surface area contributed by atoms with Crippen molar-refractivity contribution in [3.63, 3.8) is 0 Å². The molecule has 0 saturated carbocycles. The highest BCUT2D eigenvalue weighted by atomic mass is 14.7. The minimum atomic E-state index is 0.633. The monoisotopic (exact) mass is 134 g/mol. The molecule has 3 N–H and O–H groups in total. The maximum Gasteiger partial charge on any atom is 0.0893 e. The van der Waals surface area contributed by atoms with Crippen molar-refractivity contribution in [2.75, 3.05) is 6.54 Å². The fourth-order valence-electron chi connectivity index (χ4n) is 0.638. The van der Waals surface area contributed by atoms with E-state index in [1.54, 1.807) is 0 Å². The fraction of sp³-hybridized carbons (Fsp3) is 0.250. The van der Waals surface area contributed by atoms with Crippen LogP contribution in [0.2, 0.25) is 0 Å². The third-order valence-electron chi connectivity index (χ3n) is 1.09. The summed E-state index contributed by atoms with van der Waals surface area (Å²) in [5.74, 6) is 5.87. The third-order valence-corrected chi connectivity index (χ3v) is 1.09. The Balaban J connectivity index is 2.49. The van der Waals surface area contributed by atoms with E-state index < -0.39 is 0 Å². The molecule has 0 aliphatic heterocycles. The average Bonchev–Trinajstić information content (AvgIpc) is 2.41. The van der Waals surface area contributed by atoms with Crippen molar-refractivity contribution < 1.29 is 0 Å². The second-order valence-corrected chi connectivity index (χ2v) is 1.92. The Labute approximate surface area is 60.4 Å². The normalized spacial score (nSPS) is 8.50. The maximum absolute atomic E-state index is 5.26. The molecule has 0 unspecified atom stereocenters. The Kier molecular flexibility index (Phi) is 2.60. The molecule has 2 heteroatoms. The van der Waals surface area contributed by atoms with Crippen molar-refractivity contribution in [3.05, 3.63) is 24.0 Å². The first kappa shape index (κ1) is 6.91. The molecule has 2 nitrogen and oxygen atoms in total. The first-order valence-electron chi connectivity index (χ1n) is 3.26. The van der Waals surface area contributed by atoms with Gasteiger partial charge in [0.15, 0.2) is 0 Å². The van der Waals surface area contributed by atoms with Gasteiger partial charge in [-0.25, -0.2) is 0 Å². The lowest BCUT2D eigenvalue weighted by Crippen LogP contribution is -1.95. The van der Waals surface area contributed by atoms with Crippen LogP contribution < -0.4 is 5.73 Å². The van der Waals surface area contributed by atoms with Crippen LogP contribution in [0.15, 0.2) is 18.3 Å². The summed E-state index contributed by atoms with van der Waals surface area (Å²) in [7, 11) is 0. The summed E-state index contributed by atoms with van der Waals surface area (Å²) in [5.41, 5.74) is 6.21. The van der Waals surface area contributed by atoms with Crippen molar-refractivity contribution in [2.45, 2.75) is 6.42 Å². The van der Waals surface area contributed by atoms with Crippen LogP contribution in [0.25, 0.3) is 0 Å². The Hall–Kier alpha value is -1.20. The summed E-state index contributed by atoms with van der Waals surface area (Å²) in [5, 5.41) is 0. The van der Waals surface area contributed by atoms with Gasteiger partial charge in [0.1, 0.15) is 0 Å². The summed E-state index contributed by atoms with van der Waals surface area (Å²) in [6, 6.07) is 3.86. The van der Waals surface area contributed by atoms with Crippen LogP contribution in [0, 0.1) is 11.8 Å². The number of nitrogens with two attached hydrogens (primary N) is 1. The molecule has 0 radical (unpaired) electrons. The van der Waals surface area contributed by atoms with E-state index in [1.165, 1.54) is 0 Å². The van der Waals surface area contributed by atoms with E-state index in [4.69, 9.17) is 5.73 Å². The molecular formula is C8H10N2. The van der Waals surface area contributed by atoms with Crippen LogP contribution in [0.3, 0.4) is 0 Å². The van der Waals surface area contributed by atoms with Gasteiger partial charge in [-0.3, -0.25) is 0 Å². The molecule has 1 rings (SSSR count). The quantitative estimate of drug-likeness (QED) is 0.546. The fourth-order valence-corrected chi connectivity index (χ4v) is 0.638. The number of H-pyrrole nitrogens is 1. The molecule has 0 atom stereocenters. The Morgan fingerprint density at radius 1 is 1.60 bits per heavy atom. The average molecular weight is 134 g/mol. The smallest absolute Gasteiger partial charge is 0.0893 e. The molecule has 0 aliphatic rings. The minimum Gasteiger partial charge on any atom is -0.355 e. The van der Waals surface area contributed by atoms with E-state index >= 15 is 0 Å². The van der Waals surface area contributed by atoms with Crippen LogP contribution in [-0.2, 0) is 0 Å². The Bertz CT molecular complexity index is 226. The molecule has 0 bridgehead atoms. The third kappa shape index (κ3) is 1.96. The molecule has 1 aromatic heterocycles. The topological polar surface area (TPSA) is 41.8 Å². The lowest BCUT2D eigenvalue weighted by atomic mass is 10.4. The summed E-state index contributed by atoms with van der Waals surface area (Å²) >= 11 is 0. The van der Waals surface area contributed by atoms with E-state index in [-0.39, 0.29) is 0 Å². The van der Waals surface area contributed by atoms with Gasteiger partial charge < -0.3 is 10.7 Å². The van der Waals surface area contributed by atoms with E-state index in [2.05, 4.69) is 16.8 Å². The van der Waals surface area contributed by atoms with Crippen molar-refractivity contribution in [1.82, 2.24) is 4.98 Å². The lowest BCUT2D eigenvalue weighted by molar-refractivity contribution is 1.03. The highest BCUT2D eigenvalue weighted by Crippen LogP contribution is 1.89. The standard InChI is InChI=1S/C8H10N2/c9-6-2-1-4-8-5-3-7-10-8/h3,5,7,10H,2,6,9H2. The van der Waals surface area contributed by atoms with Crippen LogP contribution in [0.1, 0.15) is 12.1 Å². The molecule has 0 fully saturated rings. The summed E-state index contributed by atoms with van der Waals surface area (Å²) in [6.45, 7) is 0.633. The summed E-state index contributed by atoms with van der Waals surface area (Å²) in [4.78, 5) is 2.98. The number of nitrogens with one attached hydrogen (secondary N) is 1. The zero-order valence-electron chi connectivity index (χ0n) is 5.72. The van der Waals surface area contributed by atoms with Gasteiger partial charge in [-0.15, -0.1) is 0 Å². The number of hydrogen-bond donors (Lipinski definition) is 2. The van der Waals surface area contributed by atoms with Crippen LogP contribution >= 0.6 is 0 Å². The van der Waals surface area contributed by atoms with Crippen LogP contribution in [-0.4, -0.2) is 11.5 Å². The van der Waals surface area contributed by atoms with Gasteiger partial charge in [0.2, 0.25) is 0 Å². The largest absolute Gasteiger partial charge is 0.355 e. The number of rotatable bonds is 1. The molecule has 0 saturated heterocycles. The van der Waals surface area contributed by atoms with Gasteiger partial charge >= 0.3 is 0 Å². The summed E-state index contributed by atoms with van der Waals surface area (Å²) in [6.07, 6.45) is 2.62. The van der Waals surface area contributed by atoms with Gasteiger partial charge in [-0.2, -0.15) is 0 Å². The van der Waals surface area contributed by atoms with Crippen LogP contribution in [0.5, 0.6) is 0 Å². The second kappa shape index (κ2) is 3.76. The van der Waals surface area contributed by atoms with Gasteiger partial charge in [0, 0.05) is 19.2 Å². The van der Waals surface area contributed by atoms with Crippen molar-refractivity contribution in [1.29, 1.82) is 0 Å². The molecule has 52 valence electrons. The van der Waals surface area contributed by atoms with Gasteiger partial charge in [0.05, 0.1) is 5.69 Å². The predicted molar refractivity (Wildman–Crippen MR) is 41.3 cm³/mol. The second-order valence-electron chi connectivity index (χ2n) is 1.92. The Morgan fingerprint density at radius 2 is 2.50 bits per heavy atom. The lowest BCUT2D eigenvalue weighted by Gasteiger charge is -1.79. The number of hydrogen-bond acceptors (Lipinski definition) is 1. The Morgan fingerprint density at radius 3 is 3.10 bits per heavy atom. The van der Waals surface area contributed by atoms with Crippen molar-refractivity contribution >= 4 is 0 Å². The highest BCUT2D eigenvalue weighted by molar-refractivity contribution is 5.27. The maximum atomic E-state index is 5.26. The van der Waals surface area contributed by atoms with Gasteiger partial charge in [-0.1, -0.05) is 5.92 Å². The molecule has 0 aromatic carbocycles. The first-order chi connectivity index (χ1) is 4.93. The van der Waals surface area contributed by atoms with E-state index in [9.17, 15) is 0 Å².